The SMILES string of the molecule is CC1CCCC(S(=O)c2ccc(N)c(Cl)c2)C1. The number of rotatable bonds is 2. The summed E-state index contributed by atoms with van der Waals surface area (Å²) in [4.78, 5) is 0.809. The van der Waals surface area contributed by atoms with Crippen LogP contribution in [0.5, 0.6) is 0 Å². The molecule has 0 spiro atoms. The van der Waals surface area contributed by atoms with Crippen LogP contribution in [0, 0.1) is 5.92 Å². The average molecular weight is 272 g/mol. The van der Waals surface area contributed by atoms with Gasteiger partial charge in [-0.15, -0.1) is 0 Å². The highest BCUT2D eigenvalue weighted by Crippen LogP contribution is 2.31. The fourth-order valence-electron chi connectivity index (χ4n) is 2.40. The Morgan fingerprint density at radius 2 is 2.18 bits per heavy atom. The van der Waals surface area contributed by atoms with Crippen molar-refractivity contribution < 1.29 is 4.21 Å². The van der Waals surface area contributed by atoms with Crippen molar-refractivity contribution >= 4 is 28.1 Å². The smallest absolute Gasteiger partial charge is 0.0647 e. The lowest BCUT2D eigenvalue weighted by Crippen LogP contribution is -2.23. The van der Waals surface area contributed by atoms with Crippen LogP contribution < -0.4 is 5.73 Å². The average Bonchev–Trinajstić information content (AvgIpc) is 2.32. The van der Waals surface area contributed by atoms with Crippen LogP contribution in [0.15, 0.2) is 23.1 Å². The van der Waals surface area contributed by atoms with E-state index in [1.807, 2.05) is 6.07 Å². The summed E-state index contributed by atoms with van der Waals surface area (Å²) in [7, 11) is -0.949. The number of nitrogens with two attached hydrogens (primary N) is 1. The Hall–Kier alpha value is -0.540. The molecular weight excluding hydrogens is 254 g/mol. The van der Waals surface area contributed by atoms with Crippen LogP contribution >= 0.6 is 11.6 Å². The van der Waals surface area contributed by atoms with E-state index >= 15 is 0 Å². The molecule has 1 aliphatic carbocycles. The summed E-state index contributed by atoms with van der Waals surface area (Å²) < 4.78 is 12.4. The van der Waals surface area contributed by atoms with Crippen LogP contribution in [0.3, 0.4) is 0 Å². The maximum absolute atomic E-state index is 12.4. The summed E-state index contributed by atoms with van der Waals surface area (Å²) in [5, 5.41) is 0.776. The Labute approximate surface area is 110 Å². The standard InChI is InChI=1S/C13H18ClNOS/c1-9-3-2-4-10(7-9)17(16)11-5-6-13(15)12(14)8-11/h5-6,8-10H,2-4,7,15H2,1H3. The number of hydrogen-bond donors (Lipinski definition) is 1. The topological polar surface area (TPSA) is 43.1 Å². The molecule has 0 amide bonds. The number of hydrogen-bond acceptors (Lipinski definition) is 2. The van der Waals surface area contributed by atoms with Crippen LogP contribution in [0.4, 0.5) is 5.69 Å². The Morgan fingerprint density at radius 3 is 2.82 bits per heavy atom. The van der Waals surface area contributed by atoms with Crippen LogP contribution in [-0.2, 0) is 10.8 Å². The highest BCUT2D eigenvalue weighted by atomic mass is 35.5. The van der Waals surface area contributed by atoms with Crippen molar-refractivity contribution in [2.75, 3.05) is 5.73 Å². The van der Waals surface area contributed by atoms with Gasteiger partial charge in [0.25, 0.3) is 0 Å². The normalized spacial score (nSPS) is 26.7. The van der Waals surface area contributed by atoms with Crippen molar-refractivity contribution in [3.8, 4) is 0 Å². The fraction of sp³-hybridized carbons (Fsp3) is 0.538. The zero-order valence-corrected chi connectivity index (χ0v) is 11.6. The van der Waals surface area contributed by atoms with E-state index in [0.29, 0.717) is 16.6 Å². The van der Waals surface area contributed by atoms with Gasteiger partial charge in [0, 0.05) is 10.1 Å². The van der Waals surface area contributed by atoms with E-state index in [0.717, 1.165) is 17.7 Å². The first-order chi connectivity index (χ1) is 8.08. The molecular formula is C13H18ClNOS. The summed E-state index contributed by atoms with van der Waals surface area (Å²) in [6, 6.07) is 5.31. The van der Waals surface area contributed by atoms with Gasteiger partial charge >= 0.3 is 0 Å². The highest BCUT2D eigenvalue weighted by molar-refractivity contribution is 7.85. The fourth-order valence-corrected chi connectivity index (χ4v) is 4.35. The van der Waals surface area contributed by atoms with Crippen molar-refractivity contribution in [3.63, 3.8) is 0 Å². The molecule has 0 aromatic heterocycles. The number of benzene rings is 1. The number of anilines is 1. The Morgan fingerprint density at radius 1 is 1.41 bits per heavy atom. The molecule has 3 atom stereocenters. The van der Waals surface area contributed by atoms with E-state index in [1.54, 1.807) is 12.1 Å². The van der Waals surface area contributed by atoms with E-state index in [4.69, 9.17) is 17.3 Å². The molecule has 0 aliphatic heterocycles. The van der Waals surface area contributed by atoms with Crippen LogP contribution in [0.25, 0.3) is 0 Å². The molecule has 0 radical (unpaired) electrons. The van der Waals surface area contributed by atoms with Gasteiger partial charge in [-0.2, -0.15) is 0 Å². The van der Waals surface area contributed by atoms with Gasteiger partial charge in [0.1, 0.15) is 0 Å². The Balaban J connectivity index is 2.15. The second-order valence-electron chi connectivity index (χ2n) is 4.87. The Bertz CT molecular complexity index is 435. The third kappa shape index (κ3) is 3.02. The van der Waals surface area contributed by atoms with Crippen LogP contribution in [-0.4, -0.2) is 9.46 Å². The van der Waals surface area contributed by atoms with Crippen molar-refractivity contribution in [2.24, 2.45) is 5.92 Å². The minimum absolute atomic E-state index is 0.276. The Kier molecular flexibility index (Phi) is 4.10. The molecule has 1 aromatic carbocycles. The van der Waals surface area contributed by atoms with E-state index in [1.165, 1.54) is 12.8 Å². The van der Waals surface area contributed by atoms with Gasteiger partial charge < -0.3 is 5.73 Å². The molecule has 2 N–H and O–H groups in total. The van der Waals surface area contributed by atoms with Crippen molar-refractivity contribution in [1.82, 2.24) is 0 Å². The van der Waals surface area contributed by atoms with Gasteiger partial charge in [0.05, 0.1) is 21.5 Å². The molecule has 17 heavy (non-hydrogen) atoms. The largest absolute Gasteiger partial charge is 0.398 e. The minimum atomic E-state index is -0.949. The summed E-state index contributed by atoms with van der Waals surface area (Å²) in [6.45, 7) is 2.24. The first-order valence-electron chi connectivity index (χ1n) is 6.03. The molecule has 1 aromatic rings. The quantitative estimate of drug-likeness (QED) is 0.835. The van der Waals surface area contributed by atoms with E-state index in [-0.39, 0.29) is 5.25 Å². The highest BCUT2D eigenvalue weighted by Gasteiger charge is 2.25. The molecule has 0 heterocycles. The van der Waals surface area contributed by atoms with E-state index in [9.17, 15) is 4.21 Å². The molecule has 1 fully saturated rings. The van der Waals surface area contributed by atoms with Crippen molar-refractivity contribution in [1.29, 1.82) is 0 Å². The lowest BCUT2D eigenvalue weighted by Gasteiger charge is -2.26. The molecule has 0 saturated heterocycles. The monoisotopic (exact) mass is 271 g/mol. The van der Waals surface area contributed by atoms with Crippen LogP contribution in [0.2, 0.25) is 5.02 Å². The van der Waals surface area contributed by atoms with Gasteiger partial charge in [-0.3, -0.25) is 4.21 Å². The zero-order chi connectivity index (χ0) is 12.4. The van der Waals surface area contributed by atoms with Crippen molar-refractivity contribution in [2.45, 2.75) is 42.8 Å². The molecule has 3 unspecified atom stereocenters. The number of nitrogen functional groups attached to an aromatic ring is 1. The molecule has 94 valence electrons. The summed E-state index contributed by atoms with van der Waals surface area (Å²) >= 11 is 5.97. The maximum Gasteiger partial charge on any atom is 0.0647 e. The molecule has 1 saturated carbocycles. The predicted molar refractivity (Wildman–Crippen MR) is 73.7 cm³/mol. The first-order valence-corrected chi connectivity index (χ1v) is 7.62. The predicted octanol–water partition coefficient (Wildman–Crippen LogP) is 3.61. The summed E-state index contributed by atoms with van der Waals surface area (Å²) in [5.74, 6) is 0.682. The lowest BCUT2D eigenvalue weighted by molar-refractivity contribution is 0.389. The van der Waals surface area contributed by atoms with Gasteiger partial charge in [-0.1, -0.05) is 31.4 Å². The minimum Gasteiger partial charge on any atom is -0.398 e. The maximum atomic E-state index is 12.4. The molecule has 1 aliphatic rings. The van der Waals surface area contributed by atoms with Gasteiger partial charge in [0.15, 0.2) is 0 Å². The third-order valence-electron chi connectivity index (χ3n) is 3.40. The van der Waals surface area contributed by atoms with E-state index in [2.05, 4.69) is 6.92 Å². The summed E-state index contributed by atoms with van der Waals surface area (Å²) in [6.07, 6.45) is 4.55. The zero-order valence-electron chi connectivity index (χ0n) is 9.99. The second-order valence-corrected chi connectivity index (χ2v) is 7.01. The third-order valence-corrected chi connectivity index (χ3v) is 5.47. The lowest BCUT2D eigenvalue weighted by atomic mass is 9.91. The van der Waals surface area contributed by atoms with Gasteiger partial charge in [-0.25, -0.2) is 0 Å². The van der Waals surface area contributed by atoms with Gasteiger partial charge in [0.2, 0.25) is 0 Å². The van der Waals surface area contributed by atoms with Crippen LogP contribution in [0.1, 0.15) is 32.6 Å². The van der Waals surface area contributed by atoms with Gasteiger partial charge in [-0.05, 0) is 37.0 Å². The molecule has 2 rings (SSSR count). The second kappa shape index (κ2) is 5.40. The molecule has 2 nitrogen and oxygen atoms in total. The summed E-state index contributed by atoms with van der Waals surface area (Å²) in [5.41, 5.74) is 6.20. The van der Waals surface area contributed by atoms with Crippen molar-refractivity contribution in [3.05, 3.63) is 23.2 Å². The molecule has 0 bridgehead atoms. The van der Waals surface area contributed by atoms with E-state index < -0.39 is 10.8 Å². The molecule has 4 heteroatoms. The number of halogens is 1. The first kappa shape index (κ1) is 12.9.